The van der Waals surface area contributed by atoms with Gasteiger partial charge >= 0.3 is 0 Å². The minimum atomic E-state index is -0.173. The lowest BCUT2D eigenvalue weighted by Gasteiger charge is -2.33. The third-order valence-electron chi connectivity index (χ3n) is 5.49. The monoisotopic (exact) mass is 354 g/mol. The van der Waals surface area contributed by atoms with E-state index in [2.05, 4.69) is 39.6 Å². The molecule has 1 aromatic heterocycles. The van der Waals surface area contributed by atoms with Gasteiger partial charge in [0, 0.05) is 37.4 Å². The minimum absolute atomic E-state index is 0.107. The number of aryl methyl sites for hydroxylation is 2. The van der Waals surface area contributed by atoms with E-state index < -0.39 is 0 Å². The van der Waals surface area contributed by atoms with E-state index in [1.807, 2.05) is 38.6 Å². The molecule has 1 aliphatic rings. The van der Waals surface area contributed by atoms with Gasteiger partial charge in [-0.1, -0.05) is 30.3 Å². The van der Waals surface area contributed by atoms with Crippen molar-refractivity contribution < 1.29 is 4.79 Å². The van der Waals surface area contributed by atoms with Crippen molar-refractivity contribution in [1.29, 1.82) is 0 Å². The number of carbonyl (C=O) groups excluding carboxylic acids is 1. The molecular weight excluding hydrogens is 324 g/mol. The smallest absolute Gasteiger partial charge is 0.227 e. The Morgan fingerprint density at radius 1 is 1.31 bits per heavy atom. The Kier molecular flexibility index (Phi) is 5.77. The molecule has 5 nitrogen and oxygen atoms in total. The zero-order valence-corrected chi connectivity index (χ0v) is 16.3. The summed E-state index contributed by atoms with van der Waals surface area (Å²) in [7, 11) is 1.93. The average molecular weight is 354 g/mol. The SMILES string of the molecule is Cc1nn(C)c(C)c1C(C)C(=O)NC1CCCN(Cc2ccccc2)C1. The first-order valence-electron chi connectivity index (χ1n) is 9.52. The molecule has 3 rings (SSSR count). The first-order valence-corrected chi connectivity index (χ1v) is 9.52. The Morgan fingerprint density at radius 2 is 2.04 bits per heavy atom. The standard InChI is InChI=1S/C21H30N4O/c1-15(20-16(2)23-24(4)17(20)3)21(26)22-19-11-8-12-25(14-19)13-18-9-6-5-7-10-18/h5-7,9-10,15,19H,8,11-14H2,1-4H3,(H,22,26). The molecule has 1 aliphatic heterocycles. The quantitative estimate of drug-likeness (QED) is 0.898. The van der Waals surface area contributed by atoms with Crippen molar-refractivity contribution in [1.82, 2.24) is 20.0 Å². The summed E-state index contributed by atoms with van der Waals surface area (Å²) in [5, 5.41) is 7.73. The van der Waals surface area contributed by atoms with Crippen LogP contribution < -0.4 is 5.32 Å². The van der Waals surface area contributed by atoms with Crippen LogP contribution in [0, 0.1) is 13.8 Å². The number of amides is 1. The molecule has 2 unspecified atom stereocenters. The van der Waals surface area contributed by atoms with Crippen LogP contribution in [-0.2, 0) is 18.4 Å². The number of hydrogen-bond acceptors (Lipinski definition) is 3. The maximum absolute atomic E-state index is 12.8. The molecular formula is C21H30N4O. The van der Waals surface area contributed by atoms with Crippen LogP contribution in [0.1, 0.15) is 48.2 Å². The first kappa shape index (κ1) is 18.6. The molecule has 2 atom stereocenters. The normalized spacial score (nSPS) is 19.3. The number of aromatic nitrogens is 2. The number of carbonyl (C=O) groups is 1. The van der Waals surface area contributed by atoms with Crippen molar-refractivity contribution in [3.8, 4) is 0 Å². The van der Waals surface area contributed by atoms with Crippen LogP contribution in [0.25, 0.3) is 0 Å². The van der Waals surface area contributed by atoms with Crippen LogP contribution in [0.2, 0.25) is 0 Å². The maximum Gasteiger partial charge on any atom is 0.227 e. The second-order valence-corrected chi connectivity index (χ2v) is 7.50. The summed E-state index contributed by atoms with van der Waals surface area (Å²) in [6.45, 7) is 8.95. The molecule has 1 aromatic carbocycles. The Balaban J connectivity index is 1.60. The van der Waals surface area contributed by atoms with Crippen LogP contribution in [0.4, 0.5) is 0 Å². The lowest BCUT2D eigenvalue weighted by atomic mass is 9.97. The Hall–Kier alpha value is -2.14. The fourth-order valence-electron chi connectivity index (χ4n) is 4.03. The molecule has 2 heterocycles. The summed E-state index contributed by atoms with van der Waals surface area (Å²) in [6, 6.07) is 10.8. The largest absolute Gasteiger partial charge is 0.352 e. The molecule has 0 saturated carbocycles. The summed E-state index contributed by atoms with van der Waals surface area (Å²) in [4.78, 5) is 15.3. The predicted molar refractivity (Wildman–Crippen MR) is 104 cm³/mol. The molecule has 1 N–H and O–H groups in total. The van der Waals surface area contributed by atoms with Gasteiger partial charge < -0.3 is 5.32 Å². The molecule has 1 amide bonds. The van der Waals surface area contributed by atoms with Crippen molar-refractivity contribution >= 4 is 5.91 Å². The van der Waals surface area contributed by atoms with Gasteiger partial charge in [-0.15, -0.1) is 0 Å². The molecule has 0 radical (unpaired) electrons. The molecule has 2 aromatic rings. The molecule has 5 heteroatoms. The summed E-state index contributed by atoms with van der Waals surface area (Å²) in [5.41, 5.74) is 4.40. The number of nitrogens with zero attached hydrogens (tertiary/aromatic N) is 3. The van der Waals surface area contributed by atoms with Gasteiger partial charge in [0.05, 0.1) is 11.6 Å². The number of rotatable bonds is 5. The number of hydrogen-bond donors (Lipinski definition) is 1. The predicted octanol–water partition coefficient (Wildman–Crippen LogP) is 2.92. The van der Waals surface area contributed by atoms with Gasteiger partial charge in [-0.25, -0.2) is 0 Å². The first-order chi connectivity index (χ1) is 12.5. The summed E-state index contributed by atoms with van der Waals surface area (Å²) >= 11 is 0. The second kappa shape index (κ2) is 8.04. The molecule has 1 saturated heterocycles. The van der Waals surface area contributed by atoms with Gasteiger partial charge in [0.15, 0.2) is 0 Å². The van der Waals surface area contributed by atoms with E-state index in [0.29, 0.717) is 0 Å². The number of piperidine rings is 1. The molecule has 0 bridgehead atoms. The van der Waals surface area contributed by atoms with Gasteiger partial charge in [-0.2, -0.15) is 5.10 Å². The number of likely N-dealkylation sites (tertiary alicyclic amines) is 1. The van der Waals surface area contributed by atoms with Crippen molar-refractivity contribution in [3.05, 3.63) is 52.8 Å². The topological polar surface area (TPSA) is 50.2 Å². The minimum Gasteiger partial charge on any atom is -0.352 e. The molecule has 0 spiro atoms. The molecule has 1 fully saturated rings. The lowest BCUT2D eigenvalue weighted by Crippen LogP contribution is -2.48. The zero-order valence-electron chi connectivity index (χ0n) is 16.3. The lowest BCUT2D eigenvalue weighted by molar-refractivity contribution is -0.123. The maximum atomic E-state index is 12.8. The summed E-state index contributed by atoms with van der Waals surface area (Å²) < 4.78 is 1.86. The van der Waals surface area contributed by atoms with Crippen LogP contribution in [0.3, 0.4) is 0 Å². The van der Waals surface area contributed by atoms with Gasteiger partial charge in [-0.05, 0) is 45.7 Å². The summed E-state index contributed by atoms with van der Waals surface area (Å²) in [6.07, 6.45) is 2.17. The van der Waals surface area contributed by atoms with E-state index in [-0.39, 0.29) is 17.9 Å². The highest BCUT2D eigenvalue weighted by Crippen LogP contribution is 2.23. The van der Waals surface area contributed by atoms with Gasteiger partial charge in [-0.3, -0.25) is 14.4 Å². The fourth-order valence-corrected chi connectivity index (χ4v) is 4.03. The second-order valence-electron chi connectivity index (χ2n) is 7.50. The Labute approximate surface area is 156 Å². The number of nitrogens with one attached hydrogen (secondary N) is 1. The molecule has 140 valence electrons. The molecule has 0 aliphatic carbocycles. The molecule has 26 heavy (non-hydrogen) atoms. The average Bonchev–Trinajstić information content (AvgIpc) is 2.87. The Bertz CT molecular complexity index is 753. The van der Waals surface area contributed by atoms with E-state index in [0.717, 1.165) is 49.4 Å². The van der Waals surface area contributed by atoms with Gasteiger partial charge in [0.1, 0.15) is 0 Å². The van der Waals surface area contributed by atoms with Gasteiger partial charge in [0.25, 0.3) is 0 Å². The van der Waals surface area contributed by atoms with E-state index in [1.165, 1.54) is 5.56 Å². The fraction of sp³-hybridized carbons (Fsp3) is 0.524. The highest BCUT2D eigenvalue weighted by Gasteiger charge is 2.26. The third kappa shape index (κ3) is 4.15. The van der Waals surface area contributed by atoms with Crippen molar-refractivity contribution in [3.63, 3.8) is 0 Å². The van der Waals surface area contributed by atoms with Crippen LogP contribution in [0.5, 0.6) is 0 Å². The Morgan fingerprint density at radius 3 is 2.69 bits per heavy atom. The van der Waals surface area contributed by atoms with E-state index >= 15 is 0 Å². The van der Waals surface area contributed by atoms with Crippen molar-refractivity contribution in [2.24, 2.45) is 7.05 Å². The third-order valence-corrected chi connectivity index (χ3v) is 5.49. The van der Waals surface area contributed by atoms with Crippen LogP contribution in [0.15, 0.2) is 30.3 Å². The highest BCUT2D eigenvalue weighted by molar-refractivity contribution is 5.84. The van der Waals surface area contributed by atoms with Crippen LogP contribution >= 0.6 is 0 Å². The van der Waals surface area contributed by atoms with E-state index in [4.69, 9.17) is 0 Å². The van der Waals surface area contributed by atoms with Gasteiger partial charge in [0.2, 0.25) is 5.91 Å². The number of benzene rings is 1. The zero-order chi connectivity index (χ0) is 18.7. The van der Waals surface area contributed by atoms with E-state index in [9.17, 15) is 4.79 Å². The highest BCUT2D eigenvalue weighted by atomic mass is 16.1. The van der Waals surface area contributed by atoms with Crippen molar-refractivity contribution in [2.45, 2.75) is 52.1 Å². The summed E-state index contributed by atoms with van der Waals surface area (Å²) in [5.74, 6) is -0.0658. The van der Waals surface area contributed by atoms with E-state index in [1.54, 1.807) is 0 Å². The van der Waals surface area contributed by atoms with Crippen LogP contribution in [-0.4, -0.2) is 39.7 Å². The van der Waals surface area contributed by atoms with Crippen molar-refractivity contribution in [2.75, 3.05) is 13.1 Å².